The van der Waals surface area contributed by atoms with Crippen molar-refractivity contribution in [1.29, 1.82) is 0 Å². The SMILES string of the molecule is CC(C)C.Cc1c(NC(=O)N2CCC(O)C2)cc(F)cc1-c1ccnc2[nH]c(-c3ccc(C(C)C)cc3)cc12. The molecule has 1 atom stereocenters. The molecule has 3 N–H and O–H groups in total. The second-order valence-corrected chi connectivity index (χ2v) is 11.3. The molecule has 1 saturated heterocycles. The minimum atomic E-state index is -0.514. The molecule has 1 unspecified atom stereocenters. The second kappa shape index (κ2) is 12.0. The Bertz CT molecular complexity index is 1440. The van der Waals surface area contributed by atoms with E-state index in [1.54, 1.807) is 11.1 Å². The van der Waals surface area contributed by atoms with Gasteiger partial charge in [0.1, 0.15) is 11.5 Å². The van der Waals surface area contributed by atoms with Gasteiger partial charge in [0.15, 0.2) is 0 Å². The van der Waals surface area contributed by atoms with Gasteiger partial charge in [0.2, 0.25) is 0 Å². The molecule has 5 rings (SSSR count). The molecule has 2 aromatic heterocycles. The van der Waals surface area contributed by atoms with Gasteiger partial charge in [0.05, 0.1) is 6.10 Å². The molecule has 4 aromatic rings. The van der Waals surface area contributed by atoms with Crippen molar-refractivity contribution in [2.24, 2.45) is 5.92 Å². The highest BCUT2D eigenvalue weighted by Gasteiger charge is 2.25. The molecule has 0 bridgehead atoms. The summed E-state index contributed by atoms with van der Waals surface area (Å²) in [6.07, 6.45) is 1.74. The van der Waals surface area contributed by atoms with Gasteiger partial charge in [-0.15, -0.1) is 0 Å². The first-order valence-electron chi connectivity index (χ1n) is 13.7. The number of likely N-dealkylation sites (tertiary alicyclic amines) is 1. The molecule has 2 aromatic carbocycles. The van der Waals surface area contributed by atoms with E-state index >= 15 is 0 Å². The van der Waals surface area contributed by atoms with Crippen LogP contribution in [0.5, 0.6) is 0 Å². The Morgan fingerprint density at radius 3 is 2.38 bits per heavy atom. The van der Waals surface area contributed by atoms with Crippen LogP contribution in [-0.2, 0) is 0 Å². The number of hydrogen-bond acceptors (Lipinski definition) is 3. The summed E-state index contributed by atoms with van der Waals surface area (Å²) in [5.41, 5.74) is 6.67. The molecule has 6 nitrogen and oxygen atoms in total. The van der Waals surface area contributed by atoms with Gasteiger partial charge < -0.3 is 20.3 Å². The van der Waals surface area contributed by atoms with Gasteiger partial charge in [-0.1, -0.05) is 58.9 Å². The topological polar surface area (TPSA) is 81.2 Å². The number of amides is 2. The van der Waals surface area contributed by atoms with Crippen LogP contribution in [-0.4, -0.2) is 45.2 Å². The Labute approximate surface area is 230 Å². The molecule has 39 heavy (non-hydrogen) atoms. The average molecular weight is 531 g/mol. The molecule has 0 aliphatic carbocycles. The van der Waals surface area contributed by atoms with E-state index in [0.717, 1.165) is 33.7 Å². The molecule has 0 spiro atoms. The summed E-state index contributed by atoms with van der Waals surface area (Å²) in [6, 6.07) is 14.8. The number of fused-ring (bicyclic) bond motifs is 1. The molecule has 3 heterocycles. The van der Waals surface area contributed by atoms with Gasteiger partial charge in [-0.05, 0) is 77.3 Å². The summed E-state index contributed by atoms with van der Waals surface area (Å²) < 4.78 is 14.7. The number of hydrogen-bond donors (Lipinski definition) is 3. The standard InChI is InChI=1S/C28H29FN4O2.C4H10/c1-16(2)18-4-6-19(7-5-18)26-14-24-22(8-10-30-27(24)31-26)23-12-20(29)13-25(17(23)3)32-28(35)33-11-9-21(34)15-33;1-4(2)3/h4-8,10,12-14,16,21,34H,9,11,15H2,1-3H3,(H,30,31)(H,32,35);4H,1-3H3. The lowest BCUT2D eigenvalue weighted by molar-refractivity contribution is 0.176. The zero-order chi connectivity index (χ0) is 28.3. The fourth-order valence-electron chi connectivity index (χ4n) is 4.67. The Morgan fingerprint density at radius 1 is 1.08 bits per heavy atom. The molecule has 0 saturated carbocycles. The van der Waals surface area contributed by atoms with E-state index in [2.05, 4.69) is 74.2 Å². The van der Waals surface area contributed by atoms with Crippen LogP contribution in [0.2, 0.25) is 0 Å². The van der Waals surface area contributed by atoms with Crippen molar-refractivity contribution in [1.82, 2.24) is 14.9 Å². The van der Waals surface area contributed by atoms with Gasteiger partial charge >= 0.3 is 6.03 Å². The number of aromatic amines is 1. The maximum absolute atomic E-state index is 14.7. The quantitative estimate of drug-likeness (QED) is 0.253. The lowest BCUT2D eigenvalue weighted by Crippen LogP contribution is -2.33. The third-order valence-electron chi connectivity index (χ3n) is 6.78. The number of nitrogens with one attached hydrogen (secondary N) is 2. The highest BCUT2D eigenvalue weighted by atomic mass is 19.1. The molecule has 1 aliphatic rings. The molecule has 1 aliphatic heterocycles. The molecule has 2 amide bonds. The number of nitrogens with zero attached hydrogens (tertiary/aromatic N) is 2. The van der Waals surface area contributed by atoms with Crippen molar-refractivity contribution < 1.29 is 14.3 Å². The van der Waals surface area contributed by atoms with Crippen molar-refractivity contribution in [3.8, 4) is 22.4 Å². The summed E-state index contributed by atoms with van der Waals surface area (Å²) in [4.78, 5) is 22.1. The minimum absolute atomic E-state index is 0.280. The minimum Gasteiger partial charge on any atom is -0.391 e. The monoisotopic (exact) mass is 530 g/mol. The van der Waals surface area contributed by atoms with E-state index in [4.69, 9.17) is 0 Å². The Balaban J connectivity index is 0.000000826. The Kier molecular flexibility index (Phi) is 8.70. The molecular weight excluding hydrogens is 491 g/mol. The first kappa shape index (κ1) is 28.3. The number of aliphatic hydroxyl groups is 1. The van der Waals surface area contributed by atoms with E-state index in [1.165, 1.54) is 17.7 Å². The normalized spacial score (nSPS) is 15.1. The summed E-state index contributed by atoms with van der Waals surface area (Å²) >= 11 is 0. The molecule has 7 heteroatoms. The zero-order valence-corrected chi connectivity index (χ0v) is 23.7. The summed E-state index contributed by atoms with van der Waals surface area (Å²) in [6.45, 7) is 13.5. The Hall–Kier alpha value is -3.71. The van der Waals surface area contributed by atoms with Gasteiger partial charge in [-0.3, -0.25) is 0 Å². The van der Waals surface area contributed by atoms with Gasteiger partial charge in [0, 0.05) is 36.1 Å². The number of carbonyl (C=O) groups excluding carboxylic acids is 1. The van der Waals surface area contributed by atoms with Crippen molar-refractivity contribution >= 4 is 22.8 Å². The van der Waals surface area contributed by atoms with Crippen LogP contribution in [0, 0.1) is 18.7 Å². The van der Waals surface area contributed by atoms with E-state index in [0.29, 0.717) is 35.8 Å². The number of aromatic nitrogens is 2. The molecule has 0 radical (unpaired) electrons. The second-order valence-electron chi connectivity index (χ2n) is 11.3. The lowest BCUT2D eigenvalue weighted by atomic mass is 9.97. The number of aliphatic hydroxyl groups excluding tert-OH is 1. The van der Waals surface area contributed by atoms with Crippen LogP contribution < -0.4 is 5.32 Å². The number of carbonyl (C=O) groups is 1. The number of halogens is 1. The van der Waals surface area contributed by atoms with Crippen molar-refractivity contribution in [3.63, 3.8) is 0 Å². The lowest BCUT2D eigenvalue weighted by Gasteiger charge is -2.19. The number of β-amino-alcohol motifs (C(OH)–C–C–N with tert-alkyl or cyclic N) is 1. The number of urea groups is 1. The average Bonchev–Trinajstić information content (AvgIpc) is 3.52. The van der Waals surface area contributed by atoms with Gasteiger partial charge in [-0.2, -0.15) is 0 Å². The summed E-state index contributed by atoms with van der Waals surface area (Å²) in [5, 5.41) is 13.4. The van der Waals surface area contributed by atoms with Gasteiger partial charge in [-0.25, -0.2) is 14.2 Å². The number of H-pyrrole nitrogens is 1. The first-order valence-corrected chi connectivity index (χ1v) is 13.7. The van der Waals surface area contributed by atoms with Crippen molar-refractivity contribution in [2.75, 3.05) is 18.4 Å². The predicted molar refractivity (Wildman–Crippen MR) is 157 cm³/mol. The number of anilines is 1. The highest BCUT2D eigenvalue weighted by molar-refractivity contribution is 5.99. The maximum Gasteiger partial charge on any atom is 0.321 e. The summed E-state index contributed by atoms with van der Waals surface area (Å²) in [5.74, 6) is 0.855. The molecule has 1 fully saturated rings. The Morgan fingerprint density at radius 2 is 1.77 bits per heavy atom. The smallest absolute Gasteiger partial charge is 0.321 e. The third kappa shape index (κ3) is 6.66. The van der Waals surface area contributed by atoms with Crippen LogP contribution >= 0.6 is 0 Å². The summed E-state index contributed by atoms with van der Waals surface area (Å²) in [7, 11) is 0. The van der Waals surface area contributed by atoms with Gasteiger partial charge in [0.25, 0.3) is 0 Å². The van der Waals surface area contributed by atoms with Crippen LogP contribution in [0.1, 0.15) is 58.1 Å². The van der Waals surface area contributed by atoms with Crippen molar-refractivity contribution in [3.05, 3.63) is 71.7 Å². The third-order valence-corrected chi connectivity index (χ3v) is 6.78. The van der Waals surface area contributed by atoms with Crippen LogP contribution in [0.4, 0.5) is 14.9 Å². The van der Waals surface area contributed by atoms with E-state index in [9.17, 15) is 14.3 Å². The van der Waals surface area contributed by atoms with E-state index in [1.807, 2.05) is 19.1 Å². The maximum atomic E-state index is 14.7. The van der Waals surface area contributed by atoms with Crippen molar-refractivity contribution in [2.45, 2.75) is 60.0 Å². The number of rotatable bonds is 4. The van der Waals surface area contributed by atoms with E-state index < -0.39 is 11.9 Å². The number of pyridine rings is 1. The highest BCUT2D eigenvalue weighted by Crippen LogP contribution is 2.36. The predicted octanol–water partition coefficient (Wildman–Crippen LogP) is 7.73. The fraction of sp³-hybridized carbons (Fsp3) is 0.375. The first-order chi connectivity index (χ1) is 18.5. The molecule has 206 valence electrons. The van der Waals surface area contributed by atoms with Crippen LogP contribution in [0.25, 0.3) is 33.4 Å². The fourth-order valence-corrected chi connectivity index (χ4v) is 4.67. The largest absolute Gasteiger partial charge is 0.391 e. The molecular formula is C32H39FN4O2. The number of benzene rings is 2. The van der Waals surface area contributed by atoms with Crippen LogP contribution in [0.15, 0.2) is 54.7 Å². The van der Waals surface area contributed by atoms with Crippen LogP contribution in [0.3, 0.4) is 0 Å². The zero-order valence-electron chi connectivity index (χ0n) is 23.7. The van der Waals surface area contributed by atoms with E-state index in [-0.39, 0.29) is 12.6 Å².